The topological polar surface area (TPSA) is 41.8 Å². The van der Waals surface area contributed by atoms with Crippen molar-refractivity contribution in [2.24, 2.45) is 27.2 Å². The van der Waals surface area contributed by atoms with Gasteiger partial charge in [-0.3, -0.25) is 9.79 Å². The highest BCUT2D eigenvalue weighted by molar-refractivity contribution is 5.98. The minimum absolute atomic E-state index is 0.189. The van der Waals surface area contributed by atoms with Crippen LogP contribution >= 0.6 is 0 Å². The predicted octanol–water partition coefficient (Wildman–Crippen LogP) is 2.89. The fraction of sp³-hybridized carbons (Fsp3) is 0.786. The van der Waals surface area contributed by atoms with E-state index in [0.29, 0.717) is 11.7 Å². The van der Waals surface area contributed by atoms with E-state index in [2.05, 4.69) is 9.98 Å². The van der Waals surface area contributed by atoms with Gasteiger partial charge in [-0.05, 0) is 31.6 Å². The first kappa shape index (κ1) is 12.5. The first-order valence-electron chi connectivity index (χ1n) is 6.57. The quantitative estimate of drug-likeness (QED) is 0.724. The molecule has 0 radical (unpaired) electrons. The fourth-order valence-corrected chi connectivity index (χ4v) is 2.83. The van der Waals surface area contributed by atoms with Gasteiger partial charge in [0.25, 0.3) is 0 Å². The summed E-state index contributed by atoms with van der Waals surface area (Å²) in [6.07, 6.45) is 5.94. The third kappa shape index (κ3) is 2.82. The van der Waals surface area contributed by atoms with Gasteiger partial charge in [0, 0.05) is 17.0 Å². The molecule has 0 saturated heterocycles. The van der Waals surface area contributed by atoms with Crippen molar-refractivity contribution in [1.82, 2.24) is 0 Å². The van der Waals surface area contributed by atoms with Crippen LogP contribution in [-0.4, -0.2) is 24.4 Å². The molecule has 0 atom stereocenters. The summed E-state index contributed by atoms with van der Waals surface area (Å²) in [5.41, 5.74) is 1.04. The number of carbonyl (C=O) groups excluding carboxylic acids is 1. The number of nitrogens with zero attached hydrogens (tertiary/aromatic N) is 2. The number of carbonyl (C=O) groups is 1. The van der Waals surface area contributed by atoms with Crippen LogP contribution in [0.2, 0.25) is 0 Å². The summed E-state index contributed by atoms with van der Waals surface area (Å²) in [5, 5.41) is 0. The van der Waals surface area contributed by atoms with Crippen LogP contribution in [0.1, 0.15) is 46.5 Å². The molecule has 3 heteroatoms. The van der Waals surface area contributed by atoms with Gasteiger partial charge in [0.1, 0.15) is 12.1 Å². The van der Waals surface area contributed by atoms with Crippen LogP contribution < -0.4 is 0 Å². The maximum Gasteiger partial charge on any atom is 0.141 e. The largest absolute Gasteiger partial charge is 0.299 e. The average molecular weight is 234 g/mol. The Hall–Kier alpha value is -0.990. The van der Waals surface area contributed by atoms with Crippen molar-refractivity contribution in [3.05, 3.63) is 0 Å². The van der Waals surface area contributed by atoms with Crippen LogP contribution in [0.4, 0.5) is 0 Å². The number of ketones is 1. The van der Waals surface area contributed by atoms with Gasteiger partial charge in [-0.15, -0.1) is 0 Å². The molecule has 1 fully saturated rings. The Morgan fingerprint density at radius 1 is 1.24 bits per heavy atom. The molecule has 0 amide bonds. The molecule has 17 heavy (non-hydrogen) atoms. The maximum atomic E-state index is 12.2. The van der Waals surface area contributed by atoms with E-state index in [4.69, 9.17) is 0 Å². The number of hydrogen-bond donors (Lipinski definition) is 0. The summed E-state index contributed by atoms with van der Waals surface area (Å²) in [6.45, 7) is 6.85. The molecule has 1 saturated carbocycles. The Bertz CT molecular complexity index is 355. The lowest BCUT2D eigenvalue weighted by molar-refractivity contribution is -0.131. The van der Waals surface area contributed by atoms with Gasteiger partial charge in [-0.1, -0.05) is 20.8 Å². The predicted molar refractivity (Wildman–Crippen MR) is 70.7 cm³/mol. The van der Waals surface area contributed by atoms with E-state index in [-0.39, 0.29) is 11.3 Å². The van der Waals surface area contributed by atoms with Crippen molar-refractivity contribution in [2.75, 3.05) is 6.54 Å². The summed E-state index contributed by atoms with van der Waals surface area (Å²) in [6, 6.07) is 0. The van der Waals surface area contributed by atoms with Gasteiger partial charge < -0.3 is 0 Å². The zero-order valence-corrected chi connectivity index (χ0v) is 11.1. The highest BCUT2D eigenvalue weighted by Gasteiger charge is 2.34. The highest BCUT2D eigenvalue weighted by Crippen LogP contribution is 2.34. The van der Waals surface area contributed by atoms with Crippen molar-refractivity contribution in [1.29, 1.82) is 0 Å². The van der Waals surface area contributed by atoms with Gasteiger partial charge in [0.15, 0.2) is 0 Å². The molecule has 0 aromatic heterocycles. The van der Waals surface area contributed by atoms with Crippen molar-refractivity contribution >= 4 is 17.8 Å². The number of rotatable bonds is 2. The molecule has 1 aliphatic carbocycles. The summed E-state index contributed by atoms with van der Waals surface area (Å²) in [5.74, 6) is 1.27. The molecule has 0 bridgehead atoms. The van der Waals surface area contributed by atoms with E-state index in [1.807, 2.05) is 20.8 Å². The molecule has 1 aliphatic heterocycles. The van der Waals surface area contributed by atoms with E-state index in [1.54, 1.807) is 6.34 Å². The van der Waals surface area contributed by atoms with Crippen molar-refractivity contribution in [3.8, 4) is 0 Å². The third-order valence-electron chi connectivity index (χ3n) is 3.87. The van der Waals surface area contributed by atoms with Crippen LogP contribution in [0.5, 0.6) is 0 Å². The Morgan fingerprint density at radius 3 is 2.35 bits per heavy atom. The van der Waals surface area contributed by atoms with E-state index < -0.39 is 0 Å². The lowest BCUT2D eigenvalue weighted by atomic mass is 9.72. The second kappa shape index (κ2) is 4.71. The molecule has 0 aromatic rings. The van der Waals surface area contributed by atoms with Crippen molar-refractivity contribution in [2.45, 2.75) is 46.5 Å². The molecular formula is C14H22N2O. The molecular weight excluding hydrogens is 212 g/mol. The average Bonchev–Trinajstić information content (AvgIpc) is 2.80. The highest BCUT2D eigenvalue weighted by atomic mass is 16.1. The molecule has 0 aromatic carbocycles. The second-order valence-corrected chi connectivity index (χ2v) is 6.24. The van der Waals surface area contributed by atoms with E-state index in [1.165, 1.54) is 5.71 Å². The Morgan fingerprint density at radius 2 is 1.88 bits per heavy atom. The monoisotopic (exact) mass is 234 g/mol. The number of hydrogen-bond acceptors (Lipinski definition) is 3. The zero-order chi connectivity index (χ0) is 12.5. The fourth-order valence-electron chi connectivity index (χ4n) is 2.83. The summed E-state index contributed by atoms with van der Waals surface area (Å²) >= 11 is 0. The third-order valence-corrected chi connectivity index (χ3v) is 3.87. The molecule has 0 N–H and O–H groups in total. The smallest absolute Gasteiger partial charge is 0.141 e. The van der Waals surface area contributed by atoms with Crippen molar-refractivity contribution in [3.63, 3.8) is 0 Å². The van der Waals surface area contributed by atoms with Crippen LogP contribution in [0.15, 0.2) is 9.98 Å². The molecule has 0 spiro atoms. The van der Waals surface area contributed by atoms with Crippen LogP contribution in [-0.2, 0) is 4.79 Å². The van der Waals surface area contributed by atoms with Gasteiger partial charge in [0.2, 0.25) is 0 Å². The van der Waals surface area contributed by atoms with Crippen LogP contribution in [0.25, 0.3) is 0 Å². The number of Topliss-reactive ketones (excluding diaryl/α,β-unsaturated/α-hetero) is 1. The molecule has 0 unspecified atom stereocenters. The summed E-state index contributed by atoms with van der Waals surface area (Å²) < 4.78 is 0. The first-order valence-corrected chi connectivity index (χ1v) is 6.57. The minimum atomic E-state index is -0.189. The first-order chi connectivity index (χ1) is 7.98. The van der Waals surface area contributed by atoms with Gasteiger partial charge in [-0.2, -0.15) is 0 Å². The normalized spacial score (nSPS) is 29.2. The lowest BCUT2D eigenvalue weighted by Crippen LogP contribution is -2.33. The maximum absolute atomic E-state index is 12.2. The van der Waals surface area contributed by atoms with Crippen LogP contribution in [0.3, 0.4) is 0 Å². The summed E-state index contributed by atoms with van der Waals surface area (Å²) in [7, 11) is 0. The zero-order valence-electron chi connectivity index (χ0n) is 11.1. The molecule has 1 heterocycles. The Balaban J connectivity index is 1.88. The van der Waals surface area contributed by atoms with E-state index in [0.717, 1.165) is 32.2 Å². The molecule has 2 rings (SSSR count). The van der Waals surface area contributed by atoms with E-state index in [9.17, 15) is 4.79 Å². The van der Waals surface area contributed by atoms with Crippen LogP contribution in [0, 0.1) is 17.3 Å². The molecule has 2 aliphatic rings. The Kier molecular flexibility index (Phi) is 3.45. The summed E-state index contributed by atoms with van der Waals surface area (Å²) in [4.78, 5) is 20.6. The van der Waals surface area contributed by atoms with Gasteiger partial charge in [-0.25, -0.2) is 4.99 Å². The molecule has 3 nitrogen and oxygen atoms in total. The molecule has 94 valence electrons. The van der Waals surface area contributed by atoms with Crippen molar-refractivity contribution < 1.29 is 4.79 Å². The second-order valence-electron chi connectivity index (χ2n) is 6.24. The van der Waals surface area contributed by atoms with E-state index >= 15 is 0 Å². The lowest BCUT2D eigenvalue weighted by Gasteiger charge is -2.31. The van der Waals surface area contributed by atoms with Gasteiger partial charge >= 0.3 is 0 Å². The standard InChI is InChI=1S/C14H22N2O/c1-14(2,3)13(17)11-6-4-10(5-7-11)12-8-15-9-16-12/h9-11H,4-8H2,1-3H3. The van der Waals surface area contributed by atoms with Gasteiger partial charge in [0.05, 0.1) is 6.54 Å². The Labute approximate surface area is 103 Å². The SMILES string of the molecule is CC(C)(C)C(=O)C1CCC(C2=NC=NC2)CC1. The minimum Gasteiger partial charge on any atom is -0.299 e. The number of aliphatic imine (C=N–C) groups is 2.